The Morgan fingerprint density at radius 2 is 2.10 bits per heavy atom. The first-order valence-corrected chi connectivity index (χ1v) is 6.97. The number of likely N-dealkylation sites (N-methyl/N-ethyl adjacent to an activating group) is 1. The van der Waals surface area contributed by atoms with Crippen molar-refractivity contribution in [3.05, 3.63) is 23.8 Å². The topological polar surface area (TPSA) is 59.6 Å². The van der Waals surface area contributed by atoms with Crippen molar-refractivity contribution >= 4 is 5.91 Å². The number of hydrogen-bond acceptors (Lipinski definition) is 4. The number of hydrogen-bond donors (Lipinski definition) is 2. The smallest absolute Gasteiger partial charge is 0.260 e. The van der Waals surface area contributed by atoms with Gasteiger partial charge in [-0.15, -0.1) is 0 Å². The van der Waals surface area contributed by atoms with Gasteiger partial charge in [-0.25, -0.2) is 0 Å². The molecule has 0 radical (unpaired) electrons. The molecule has 0 aliphatic heterocycles. The van der Waals surface area contributed by atoms with Crippen LogP contribution in [0.5, 0.6) is 11.5 Å². The average Bonchev–Trinajstić information content (AvgIpc) is 2.46. The molecule has 0 aromatic heterocycles. The molecule has 112 valence electrons. The first-order chi connectivity index (χ1) is 9.63. The second kappa shape index (κ2) is 8.43. The Morgan fingerprint density at radius 3 is 2.70 bits per heavy atom. The fourth-order valence-electron chi connectivity index (χ4n) is 1.80. The van der Waals surface area contributed by atoms with E-state index in [9.17, 15) is 4.79 Å². The molecule has 0 spiro atoms. The highest BCUT2D eigenvalue weighted by Gasteiger charge is 2.18. The van der Waals surface area contributed by atoms with Gasteiger partial charge in [0.1, 0.15) is 0 Å². The minimum atomic E-state index is -0.568. The summed E-state index contributed by atoms with van der Waals surface area (Å²) in [7, 11) is 1.59. The molecule has 0 aliphatic rings. The molecule has 2 N–H and O–H groups in total. The predicted octanol–water partition coefficient (Wildman–Crippen LogP) is 1.71. The molecule has 1 atom stereocenters. The highest BCUT2D eigenvalue weighted by molar-refractivity contribution is 5.80. The molecule has 1 aromatic rings. The number of carbonyl (C=O) groups is 1. The highest BCUT2D eigenvalue weighted by atomic mass is 16.5. The van der Waals surface area contributed by atoms with E-state index in [-0.39, 0.29) is 5.91 Å². The fourth-order valence-corrected chi connectivity index (χ4v) is 1.80. The number of nitrogens with one attached hydrogen (secondary N) is 2. The molecule has 0 saturated carbocycles. The summed E-state index contributed by atoms with van der Waals surface area (Å²) < 4.78 is 11.4. The fraction of sp³-hybridized carbons (Fsp3) is 0.533. The Balaban J connectivity index is 3.00. The third-order valence-electron chi connectivity index (χ3n) is 2.84. The molecule has 5 heteroatoms. The van der Waals surface area contributed by atoms with Crippen molar-refractivity contribution in [3.63, 3.8) is 0 Å². The van der Waals surface area contributed by atoms with Crippen LogP contribution >= 0.6 is 0 Å². The minimum absolute atomic E-state index is 0.161. The Morgan fingerprint density at radius 1 is 1.35 bits per heavy atom. The maximum Gasteiger partial charge on any atom is 0.260 e. The van der Waals surface area contributed by atoms with E-state index in [1.165, 1.54) is 0 Å². The normalized spacial score (nSPS) is 11.8. The molecule has 1 unspecified atom stereocenters. The first-order valence-electron chi connectivity index (χ1n) is 6.97. The zero-order chi connectivity index (χ0) is 15.0. The lowest BCUT2D eigenvalue weighted by Gasteiger charge is -2.19. The summed E-state index contributed by atoms with van der Waals surface area (Å²) in [5.74, 6) is 1.13. The van der Waals surface area contributed by atoms with Crippen LogP contribution in [0.25, 0.3) is 0 Å². The second-order valence-electron chi connectivity index (χ2n) is 4.33. The van der Waals surface area contributed by atoms with Crippen molar-refractivity contribution in [3.8, 4) is 11.5 Å². The zero-order valence-electron chi connectivity index (χ0n) is 12.7. The lowest BCUT2D eigenvalue weighted by atomic mass is 10.1. The molecule has 0 fully saturated rings. The molecule has 1 amide bonds. The van der Waals surface area contributed by atoms with Crippen molar-refractivity contribution < 1.29 is 14.3 Å². The first kappa shape index (κ1) is 16.3. The second-order valence-corrected chi connectivity index (χ2v) is 4.33. The van der Waals surface area contributed by atoms with Gasteiger partial charge in [-0.2, -0.15) is 0 Å². The van der Waals surface area contributed by atoms with Gasteiger partial charge in [-0.3, -0.25) is 4.79 Å². The van der Waals surface area contributed by atoms with E-state index >= 15 is 0 Å². The van der Waals surface area contributed by atoms with Crippen LogP contribution in [0.15, 0.2) is 18.2 Å². The Labute approximate surface area is 120 Å². The minimum Gasteiger partial charge on any atom is -0.490 e. The van der Waals surface area contributed by atoms with Gasteiger partial charge >= 0.3 is 0 Å². The molecule has 0 bridgehead atoms. The molecule has 0 heterocycles. The summed E-state index contributed by atoms with van der Waals surface area (Å²) in [6.07, 6.45) is -0.568. The maximum atomic E-state index is 11.6. The van der Waals surface area contributed by atoms with Crippen molar-refractivity contribution in [2.75, 3.05) is 20.2 Å². The molecule has 0 saturated heterocycles. The Kier molecular flexibility index (Phi) is 6.87. The van der Waals surface area contributed by atoms with Crippen LogP contribution in [0.4, 0.5) is 0 Å². The summed E-state index contributed by atoms with van der Waals surface area (Å²) >= 11 is 0. The maximum absolute atomic E-state index is 11.6. The van der Waals surface area contributed by atoms with E-state index in [0.29, 0.717) is 24.7 Å². The van der Waals surface area contributed by atoms with Gasteiger partial charge in [0.15, 0.2) is 17.6 Å². The van der Waals surface area contributed by atoms with Gasteiger partial charge < -0.3 is 20.1 Å². The van der Waals surface area contributed by atoms with E-state index in [0.717, 1.165) is 12.1 Å². The summed E-state index contributed by atoms with van der Waals surface area (Å²) in [4.78, 5) is 11.6. The quantitative estimate of drug-likeness (QED) is 0.761. The number of amides is 1. The Bertz CT molecular complexity index is 435. The van der Waals surface area contributed by atoms with Crippen LogP contribution in [-0.4, -0.2) is 32.2 Å². The van der Waals surface area contributed by atoms with Crippen LogP contribution in [-0.2, 0) is 11.3 Å². The molecule has 0 aliphatic carbocycles. The van der Waals surface area contributed by atoms with E-state index in [1.54, 1.807) is 14.0 Å². The third-order valence-corrected chi connectivity index (χ3v) is 2.84. The number of rotatable bonds is 8. The molecule has 1 aromatic carbocycles. The monoisotopic (exact) mass is 280 g/mol. The SMILES string of the molecule is CCNCc1cccc(OCC)c1OC(C)C(=O)NC. The van der Waals surface area contributed by atoms with Gasteiger partial charge in [-0.1, -0.05) is 19.1 Å². The van der Waals surface area contributed by atoms with Gasteiger partial charge in [0.05, 0.1) is 6.61 Å². The van der Waals surface area contributed by atoms with E-state index < -0.39 is 6.10 Å². The summed E-state index contributed by atoms with van der Waals surface area (Å²) in [6.45, 7) is 7.77. The number of para-hydroxylation sites is 1. The van der Waals surface area contributed by atoms with Crippen LogP contribution in [0.1, 0.15) is 26.3 Å². The largest absolute Gasteiger partial charge is 0.490 e. The van der Waals surface area contributed by atoms with Crippen LogP contribution in [0.3, 0.4) is 0 Å². The predicted molar refractivity (Wildman–Crippen MR) is 79.1 cm³/mol. The molecular formula is C15H24N2O3. The standard InChI is InChI=1S/C15H24N2O3/c1-5-17-10-12-8-7-9-13(19-6-2)14(12)20-11(3)15(18)16-4/h7-9,11,17H,5-6,10H2,1-4H3,(H,16,18). The van der Waals surface area contributed by atoms with Crippen molar-refractivity contribution in [2.24, 2.45) is 0 Å². The van der Waals surface area contributed by atoms with Crippen LogP contribution in [0, 0.1) is 0 Å². The molecule has 1 rings (SSSR count). The van der Waals surface area contributed by atoms with Crippen LogP contribution < -0.4 is 20.1 Å². The van der Waals surface area contributed by atoms with Gasteiger partial charge in [0, 0.05) is 19.2 Å². The zero-order valence-corrected chi connectivity index (χ0v) is 12.7. The molecule has 20 heavy (non-hydrogen) atoms. The van der Waals surface area contributed by atoms with Crippen LogP contribution in [0.2, 0.25) is 0 Å². The summed E-state index contributed by atoms with van der Waals surface area (Å²) in [5, 5.41) is 5.83. The van der Waals surface area contributed by atoms with Crippen molar-refractivity contribution in [1.82, 2.24) is 10.6 Å². The van der Waals surface area contributed by atoms with E-state index in [1.807, 2.05) is 32.0 Å². The average molecular weight is 280 g/mol. The van der Waals surface area contributed by atoms with Gasteiger partial charge in [-0.05, 0) is 26.5 Å². The van der Waals surface area contributed by atoms with E-state index in [2.05, 4.69) is 10.6 Å². The molecular weight excluding hydrogens is 256 g/mol. The number of carbonyl (C=O) groups excluding carboxylic acids is 1. The Hall–Kier alpha value is -1.75. The highest BCUT2D eigenvalue weighted by Crippen LogP contribution is 2.32. The lowest BCUT2D eigenvalue weighted by Crippen LogP contribution is -2.34. The third kappa shape index (κ3) is 4.42. The molecule has 5 nitrogen and oxygen atoms in total. The number of benzene rings is 1. The van der Waals surface area contributed by atoms with Gasteiger partial charge in [0.2, 0.25) is 0 Å². The van der Waals surface area contributed by atoms with Crippen molar-refractivity contribution in [2.45, 2.75) is 33.4 Å². The summed E-state index contributed by atoms with van der Waals surface area (Å²) in [6, 6.07) is 5.75. The van der Waals surface area contributed by atoms with Gasteiger partial charge in [0.25, 0.3) is 5.91 Å². The van der Waals surface area contributed by atoms with Crippen molar-refractivity contribution in [1.29, 1.82) is 0 Å². The van der Waals surface area contributed by atoms with E-state index in [4.69, 9.17) is 9.47 Å². The number of ether oxygens (including phenoxy) is 2. The summed E-state index contributed by atoms with van der Waals surface area (Å²) in [5.41, 5.74) is 0.980. The lowest BCUT2D eigenvalue weighted by molar-refractivity contribution is -0.126.